The molecule has 0 atom stereocenters. The number of hydrogen-bond donors (Lipinski definition) is 2. The molecule has 0 radical (unpaired) electrons. The number of amides is 2. The van der Waals surface area contributed by atoms with Crippen LogP contribution < -0.4 is 10.6 Å². The van der Waals surface area contributed by atoms with E-state index in [0.717, 1.165) is 29.0 Å². The summed E-state index contributed by atoms with van der Waals surface area (Å²) < 4.78 is 41.0. The molecule has 35 heavy (non-hydrogen) atoms. The van der Waals surface area contributed by atoms with E-state index in [-0.39, 0.29) is 17.3 Å². The molecule has 4 rings (SSSR count). The van der Waals surface area contributed by atoms with Crippen LogP contribution in [0.4, 0.5) is 18.9 Å². The van der Waals surface area contributed by atoms with Gasteiger partial charge in [0.25, 0.3) is 5.91 Å². The molecule has 2 N–H and O–H groups in total. The van der Waals surface area contributed by atoms with Crippen LogP contribution in [0.5, 0.6) is 0 Å². The van der Waals surface area contributed by atoms with E-state index in [4.69, 9.17) is 0 Å². The summed E-state index contributed by atoms with van der Waals surface area (Å²) in [5.74, 6) is -1.12. The topological polar surface area (TPSA) is 88.4 Å². The summed E-state index contributed by atoms with van der Waals surface area (Å²) in [5.41, 5.74) is 1.68. The summed E-state index contributed by atoms with van der Waals surface area (Å²) in [6.45, 7) is 2.35. The quantitative estimate of drug-likeness (QED) is 0.360. The molecular formula is C24H20F3N5O2S. The Kier molecular flexibility index (Phi) is 7.06. The highest BCUT2D eigenvalue weighted by atomic mass is 32.2. The highest BCUT2D eigenvalue weighted by molar-refractivity contribution is 7.99. The van der Waals surface area contributed by atoms with Gasteiger partial charge in [-0.25, -0.2) is 0 Å². The molecule has 0 spiro atoms. The third kappa shape index (κ3) is 5.99. The first-order valence-electron chi connectivity index (χ1n) is 10.5. The van der Waals surface area contributed by atoms with Crippen molar-refractivity contribution in [3.8, 4) is 0 Å². The van der Waals surface area contributed by atoms with Gasteiger partial charge in [0.05, 0.1) is 22.6 Å². The van der Waals surface area contributed by atoms with Crippen molar-refractivity contribution in [2.45, 2.75) is 24.8 Å². The molecule has 0 aliphatic carbocycles. The summed E-state index contributed by atoms with van der Waals surface area (Å²) >= 11 is 0.994. The zero-order valence-electron chi connectivity index (χ0n) is 18.5. The molecule has 0 bridgehead atoms. The van der Waals surface area contributed by atoms with Gasteiger partial charge < -0.3 is 10.6 Å². The number of hydrogen-bond acceptors (Lipinski definition) is 5. The number of anilines is 1. The number of rotatable bonds is 7. The zero-order chi connectivity index (χ0) is 25.0. The fraction of sp³-hybridized carbons (Fsp3) is 0.167. The predicted molar refractivity (Wildman–Crippen MR) is 126 cm³/mol. The van der Waals surface area contributed by atoms with Gasteiger partial charge in [0.2, 0.25) is 5.91 Å². The van der Waals surface area contributed by atoms with Crippen LogP contribution >= 0.6 is 11.8 Å². The monoisotopic (exact) mass is 499 g/mol. The summed E-state index contributed by atoms with van der Waals surface area (Å²) in [4.78, 5) is 24.9. The molecule has 4 aromatic rings. The lowest BCUT2D eigenvalue weighted by Crippen LogP contribution is -2.23. The Bertz CT molecular complexity index is 1370. The minimum Gasteiger partial charge on any atom is -0.348 e. The summed E-state index contributed by atoms with van der Waals surface area (Å²) in [5, 5.41) is 13.5. The third-order valence-electron chi connectivity index (χ3n) is 5.05. The first kappa shape index (κ1) is 24.3. The molecule has 0 fully saturated rings. The highest BCUT2D eigenvalue weighted by Crippen LogP contribution is 2.34. The molecule has 0 saturated carbocycles. The van der Waals surface area contributed by atoms with Gasteiger partial charge in [-0.15, -0.1) is 10.2 Å². The SMILES string of the molecule is Cc1ccc(CNC(=O)c2ccc3nnc(SCC(=O)Nc4ccccc4C(F)(F)F)n3c2)cc1. The number of fused-ring (bicyclic) bond motifs is 1. The van der Waals surface area contributed by atoms with Crippen LogP contribution in [-0.2, 0) is 17.5 Å². The van der Waals surface area contributed by atoms with Crippen molar-refractivity contribution in [3.05, 3.63) is 89.1 Å². The Balaban J connectivity index is 1.41. The second kappa shape index (κ2) is 10.2. The third-order valence-corrected chi connectivity index (χ3v) is 5.99. The molecule has 2 amide bonds. The fourth-order valence-corrected chi connectivity index (χ4v) is 3.96. The van der Waals surface area contributed by atoms with Crippen molar-refractivity contribution in [1.29, 1.82) is 0 Å². The highest BCUT2D eigenvalue weighted by Gasteiger charge is 2.33. The number of carbonyl (C=O) groups excluding carboxylic acids is 2. The first-order valence-corrected chi connectivity index (χ1v) is 11.5. The second-order valence-electron chi connectivity index (χ2n) is 7.68. The second-order valence-corrected chi connectivity index (χ2v) is 8.62. The van der Waals surface area contributed by atoms with Crippen LogP contribution in [0, 0.1) is 6.92 Å². The van der Waals surface area contributed by atoms with Gasteiger partial charge in [-0.2, -0.15) is 13.2 Å². The lowest BCUT2D eigenvalue weighted by atomic mass is 10.1. The van der Waals surface area contributed by atoms with Crippen LogP contribution in [0.1, 0.15) is 27.0 Å². The van der Waals surface area contributed by atoms with E-state index in [1.165, 1.54) is 18.2 Å². The van der Waals surface area contributed by atoms with Gasteiger partial charge in [-0.05, 0) is 36.8 Å². The maximum atomic E-state index is 13.1. The first-order chi connectivity index (χ1) is 16.7. The minimum absolute atomic E-state index is 0.198. The van der Waals surface area contributed by atoms with Gasteiger partial charge in [0, 0.05) is 12.7 Å². The average Bonchev–Trinajstić information content (AvgIpc) is 3.24. The van der Waals surface area contributed by atoms with Crippen molar-refractivity contribution in [1.82, 2.24) is 19.9 Å². The Morgan fingerprint density at radius 3 is 2.49 bits per heavy atom. The number of thioether (sulfide) groups is 1. The molecule has 11 heteroatoms. The number of aromatic nitrogens is 3. The Hall–Kier alpha value is -3.86. The number of nitrogens with one attached hydrogen (secondary N) is 2. The zero-order valence-corrected chi connectivity index (χ0v) is 19.3. The smallest absolute Gasteiger partial charge is 0.348 e. The summed E-state index contributed by atoms with van der Waals surface area (Å²) in [7, 11) is 0. The molecule has 7 nitrogen and oxygen atoms in total. The molecule has 0 unspecified atom stereocenters. The Labute approximate surface area is 202 Å². The predicted octanol–water partition coefficient (Wildman–Crippen LogP) is 4.72. The average molecular weight is 500 g/mol. The molecule has 180 valence electrons. The van der Waals surface area contributed by atoms with E-state index in [1.807, 2.05) is 31.2 Å². The number of nitrogens with zero attached hydrogens (tertiary/aromatic N) is 3. The van der Waals surface area contributed by atoms with Crippen molar-refractivity contribution in [2.75, 3.05) is 11.1 Å². The van der Waals surface area contributed by atoms with E-state index in [2.05, 4.69) is 20.8 Å². The molecule has 0 aliphatic rings. The fourth-order valence-electron chi connectivity index (χ4n) is 3.25. The normalized spacial score (nSPS) is 11.4. The summed E-state index contributed by atoms with van der Waals surface area (Å²) in [6.07, 6.45) is -3.03. The number of pyridine rings is 1. The number of aryl methyl sites for hydroxylation is 1. The van der Waals surface area contributed by atoms with Gasteiger partial charge >= 0.3 is 6.18 Å². The van der Waals surface area contributed by atoms with E-state index in [9.17, 15) is 22.8 Å². The maximum Gasteiger partial charge on any atom is 0.418 e. The molecule has 2 aromatic heterocycles. The number of alkyl halides is 3. The van der Waals surface area contributed by atoms with Gasteiger partial charge in [-0.1, -0.05) is 53.7 Å². The van der Waals surface area contributed by atoms with Crippen molar-refractivity contribution < 1.29 is 22.8 Å². The van der Waals surface area contributed by atoms with E-state index in [1.54, 1.807) is 22.7 Å². The van der Waals surface area contributed by atoms with E-state index < -0.39 is 17.6 Å². The lowest BCUT2D eigenvalue weighted by Gasteiger charge is -2.13. The number of halogens is 3. The standard InChI is InChI=1S/C24H20F3N5O2S/c1-15-6-8-16(9-7-15)12-28-22(34)17-10-11-20-30-31-23(32(20)13-17)35-14-21(33)29-19-5-3-2-4-18(19)24(25,26)27/h2-11,13H,12,14H2,1H3,(H,28,34)(H,29,33). The van der Waals surface area contributed by atoms with E-state index >= 15 is 0 Å². The van der Waals surface area contributed by atoms with Crippen molar-refractivity contribution >= 4 is 34.9 Å². The van der Waals surface area contributed by atoms with Crippen molar-refractivity contribution in [3.63, 3.8) is 0 Å². The van der Waals surface area contributed by atoms with Crippen LogP contribution in [0.15, 0.2) is 72.0 Å². The van der Waals surface area contributed by atoms with Crippen LogP contribution in [-0.4, -0.2) is 32.2 Å². The minimum atomic E-state index is -4.59. The number of carbonyl (C=O) groups is 2. The Morgan fingerprint density at radius 2 is 1.74 bits per heavy atom. The van der Waals surface area contributed by atoms with Gasteiger partial charge in [0.1, 0.15) is 0 Å². The number of para-hydroxylation sites is 1. The van der Waals surface area contributed by atoms with Crippen molar-refractivity contribution in [2.24, 2.45) is 0 Å². The maximum absolute atomic E-state index is 13.1. The van der Waals surface area contributed by atoms with Gasteiger partial charge in [0.15, 0.2) is 10.8 Å². The van der Waals surface area contributed by atoms with Crippen LogP contribution in [0.3, 0.4) is 0 Å². The molecule has 2 heterocycles. The van der Waals surface area contributed by atoms with Gasteiger partial charge in [-0.3, -0.25) is 14.0 Å². The summed E-state index contributed by atoms with van der Waals surface area (Å²) in [6, 6.07) is 15.8. The van der Waals surface area contributed by atoms with Crippen LogP contribution in [0.25, 0.3) is 5.65 Å². The van der Waals surface area contributed by atoms with E-state index in [0.29, 0.717) is 22.9 Å². The van der Waals surface area contributed by atoms with Crippen LogP contribution in [0.2, 0.25) is 0 Å². The number of benzene rings is 2. The molecular weight excluding hydrogens is 479 g/mol. The molecule has 0 saturated heterocycles. The Morgan fingerprint density at radius 1 is 1.00 bits per heavy atom. The molecule has 2 aromatic carbocycles. The largest absolute Gasteiger partial charge is 0.418 e. The lowest BCUT2D eigenvalue weighted by molar-refractivity contribution is -0.137. The molecule has 0 aliphatic heterocycles.